The standard InChI is InChI=1S/C13H12ClN3O/c1-17-7-9(6-16-17)12(15)11-5-8-3-2-4-10(14)13(8)18-11/h2-7,12H,15H2,1H3. The van der Waals surface area contributed by atoms with Crippen molar-refractivity contribution < 1.29 is 4.42 Å². The van der Waals surface area contributed by atoms with Gasteiger partial charge in [0.05, 0.1) is 17.3 Å². The van der Waals surface area contributed by atoms with Gasteiger partial charge in [-0.25, -0.2) is 0 Å². The topological polar surface area (TPSA) is 57.0 Å². The van der Waals surface area contributed by atoms with Crippen LogP contribution in [0.25, 0.3) is 11.0 Å². The van der Waals surface area contributed by atoms with Gasteiger partial charge < -0.3 is 10.2 Å². The lowest BCUT2D eigenvalue weighted by Gasteiger charge is -2.04. The number of rotatable bonds is 2. The van der Waals surface area contributed by atoms with Crippen LogP contribution in [0, 0.1) is 0 Å². The molecule has 0 amide bonds. The van der Waals surface area contributed by atoms with E-state index in [0.717, 1.165) is 10.9 Å². The van der Waals surface area contributed by atoms with Gasteiger partial charge >= 0.3 is 0 Å². The molecule has 1 aromatic carbocycles. The second-order valence-corrected chi connectivity index (χ2v) is 4.64. The summed E-state index contributed by atoms with van der Waals surface area (Å²) < 4.78 is 7.44. The van der Waals surface area contributed by atoms with Crippen LogP contribution >= 0.6 is 11.6 Å². The number of fused-ring (bicyclic) bond motifs is 1. The summed E-state index contributed by atoms with van der Waals surface area (Å²) in [5, 5.41) is 5.65. The molecule has 0 aliphatic carbocycles. The van der Waals surface area contributed by atoms with Gasteiger partial charge in [0, 0.05) is 24.2 Å². The first-order valence-electron chi connectivity index (χ1n) is 5.57. The fourth-order valence-corrected chi connectivity index (χ4v) is 2.19. The zero-order valence-corrected chi connectivity index (χ0v) is 10.6. The molecule has 0 aliphatic heterocycles. The molecule has 2 heterocycles. The minimum absolute atomic E-state index is 0.331. The summed E-state index contributed by atoms with van der Waals surface area (Å²) in [6.07, 6.45) is 3.61. The predicted molar refractivity (Wildman–Crippen MR) is 70.5 cm³/mol. The van der Waals surface area contributed by atoms with Crippen LogP contribution in [0.1, 0.15) is 17.4 Å². The SMILES string of the molecule is Cn1cc(C(N)c2cc3cccc(Cl)c3o2)cn1. The van der Waals surface area contributed by atoms with E-state index in [1.807, 2.05) is 31.4 Å². The third kappa shape index (κ3) is 1.79. The van der Waals surface area contributed by atoms with E-state index in [4.69, 9.17) is 21.8 Å². The maximum atomic E-state index is 6.15. The maximum absolute atomic E-state index is 6.15. The van der Waals surface area contributed by atoms with E-state index in [1.165, 1.54) is 0 Å². The highest BCUT2D eigenvalue weighted by atomic mass is 35.5. The van der Waals surface area contributed by atoms with Gasteiger partial charge in [-0.3, -0.25) is 4.68 Å². The number of halogens is 1. The number of furan rings is 1. The van der Waals surface area contributed by atoms with Crippen LogP contribution in [0.3, 0.4) is 0 Å². The van der Waals surface area contributed by atoms with Gasteiger partial charge in [0.15, 0.2) is 5.58 Å². The summed E-state index contributed by atoms with van der Waals surface area (Å²) in [6, 6.07) is 7.22. The Kier molecular flexibility index (Phi) is 2.61. The van der Waals surface area contributed by atoms with Crippen LogP contribution in [0.15, 0.2) is 41.1 Å². The average molecular weight is 262 g/mol. The minimum Gasteiger partial charge on any atom is -0.457 e. The summed E-state index contributed by atoms with van der Waals surface area (Å²) >= 11 is 6.07. The molecule has 1 atom stereocenters. The Morgan fingerprint density at radius 1 is 1.44 bits per heavy atom. The smallest absolute Gasteiger partial charge is 0.152 e. The summed E-state index contributed by atoms with van der Waals surface area (Å²) in [5.41, 5.74) is 7.74. The average Bonchev–Trinajstić information content (AvgIpc) is 2.95. The fraction of sp³-hybridized carbons (Fsp3) is 0.154. The molecule has 0 saturated heterocycles. The molecule has 0 bridgehead atoms. The quantitative estimate of drug-likeness (QED) is 0.772. The fourth-order valence-electron chi connectivity index (χ4n) is 1.97. The summed E-state index contributed by atoms with van der Waals surface area (Å²) in [6.45, 7) is 0. The normalized spacial score (nSPS) is 13.1. The first-order chi connectivity index (χ1) is 8.65. The van der Waals surface area contributed by atoms with E-state index in [9.17, 15) is 0 Å². The molecular weight excluding hydrogens is 250 g/mol. The van der Waals surface area contributed by atoms with Crippen molar-refractivity contribution in [2.45, 2.75) is 6.04 Å². The number of hydrogen-bond donors (Lipinski definition) is 1. The Labute approximate surface area is 109 Å². The number of aryl methyl sites for hydroxylation is 1. The van der Waals surface area contributed by atoms with Gasteiger partial charge in [-0.15, -0.1) is 0 Å². The van der Waals surface area contributed by atoms with Crippen LogP contribution in [-0.4, -0.2) is 9.78 Å². The van der Waals surface area contributed by atoms with Crippen molar-refractivity contribution in [2.75, 3.05) is 0 Å². The van der Waals surface area contributed by atoms with Crippen molar-refractivity contribution in [3.63, 3.8) is 0 Å². The van der Waals surface area contributed by atoms with Gasteiger partial charge in [-0.1, -0.05) is 23.7 Å². The van der Waals surface area contributed by atoms with Crippen LogP contribution in [-0.2, 0) is 7.05 Å². The van der Waals surface area contributed by atoms with Crippen LogP contribution in [0.5, 0.6) is 0 Å². The van der Waals surface area contributed by atoms with E-state index < -0.39 is 0 Å². The molecule has 3 rings (SSSR count). The molecule has 0 aliphatic rings. The summed E-state index contributed by atoms with van der Waals surface area (Å²) in [7, 11) is 1.85. The Morgan fingerprint density at radius 2 is 2.28 bits per heavy atom. The Morgan fingerprint density at radius 3 is 2.94 bits per heavy atom. The molecule has 92 valence electrons. The third-order valence-electron chi connectivity index (χ3n) is 2.91. The van der Waals surface area contributed by atoms with E-state index in [2.05, 4.69) is 5.10 Å². The molecule has 0 fully saturated rings. The molecule has 0 spiro atoms. The van der Waals surface area contributed by atoms with Crippen LogP contribution < -0.4 is 5.73 Å². The lowest BCUT2D eigenvalue weighted by Crippen LogP contribution is -2.09. The number of benzene rings is 1. The summed E-state index contributed by atoms with van der Waals surface area (Å²) in [5.74, 6) is 0.686. The second-order valence-electron chi connectivity index (χ2n) is 4.23. The first-order valence-corrected chi connectivity index (χ1v) is 5.95. The van der Waals surface area contributed by atoms with Gasteiger partial charge in [-0.2, -0.15) is 5.10 Å². The molecule has 0 saturated carbocycles. The molecular formula is C13H12ClN3O. The number of para-hydroxylation sites is 1. The molecule has 2 N–H and O–H groups in total. The van der Waals surface area contributed by atoms with Crippen molar-refractivity contribution in [2.24, 2.45) is 12.8 Å². The van der Waals surface area contributed by atoms with E-state index in [-0.39, 0.29) is 6.04 Å². The zero-order chi connectivity index (χ0) is 12.7. The van der Waals surface area contributed by atoms with Crippen LogP contribution in [0.4, 0.5) is 0 Å². The maximum Gasteiger partial charge on any atom is 0.152 e. The van der Waals surface area contributed by atoms with Crippen molar-refractivity contribution in [1.82, 2.24) is 9.78 Å². The molecule has 18 heavy (non-hydrogen) atoms. The van der Waals surface area contributed by atoms with Gasteiger partial charge in [0.25, 0.3) is 0 Å². The molecule has 4 nitrogen and oxygen atoms in total. The van der Waals surface area contributed by atoms with E-state index >= 15 is 0 Å². The third-order valence-corrected chi connectivity index (χ3v) is 3.20. The largest absolute Gasteiger partial charge is 0.457 e. The van der Waals surface area contributed by atoms with E-state index in [0.29, 0.717) is 16.4 Å². The van der Waals surface area contributed by atoms with Crippen LogP contribution in [0.2, 0.25) is 5.02 Å². The Balaban J connectivity index is 2.06. The Bertz CT molecular complexity index is 701. The molecule has 2 aromatic heterocycles. The van der Waals surface area contributed by atoms with Crippen molar-refractivity contribution in [3.8, 4) is 0 Å². The number of hydrogen-bond acceptors (Lipinski definition) is 3. The highest BCUT2D eigenvalue weighted by molar-refractivity contribution is 6.34. The lowest BCUT2D eigenvalue weighted by atomic mass is 10.1. The number of aromatic nitrogens is 2. The molecule has 0 radical (unpaired) electrons. The lowest BCUT2D eigenvalue weighted by molar-refractivity contribution is 0.525. The zero-order valence-electron chi connectivity index (χ0n) is 9.80. The molecule has 3 aromatic rings. The second kappa shape index (κ2) is 4.15. The van der Waals surface area contributed by atoms with E-state index in [1.54, 1.807) is 16.9 Å². The van der Waals surface area contributed by atoms with Crippen molar-refractivity contribution in [3.05, 3.63) is 53.0 Å². The van der Waals surface area contributed by atoms with Gasteiger partial charge in [0.2, 0.25) is 0 Å². The molecule has 5 heteroatoms. The minimum atomic E-state index is -0.331. The Hall–Kier alpha value is -1.78. The van der Waals surface area contributed by atoms with Crippen molar-refractivity contribution >= 4 is 22.6 Å². The highest BCUT2D eigenvalue weighted by Gasteiger charge is 2.16. The predicted octanol–water partition coefficient (Wildman–Crippen LogP) is 2.87. The summed E-state index contributed by atoms with van der Waals surface area (Å²) in [4.78, 5) is 0. The van der Waals surface area contributed by atoms with Crippen molar-refractivity contribution in [1.29, 1.82) is 0 Å². The first kappa shape index (κ1) is 11.3. The number of nitrogens with zero attached hydrogens (tertiary/aromatic N) is 2. The number of nitrogens with two attached hydrogens (primary N) is 1. The van der Waals surface area contributed by atoms with Gasteiger partial charge in [-0.05, 0) is 12.1 Å². The highest BCUT2D eigenvalue weighted by Crippen LogP contribution is 2.30. The monoisotopic (exact) mass is 261 g/mol. The molecule has 1 unspecified atom stereocenters. The van der Waals surface area contributed by atoms with Gasteiger partial charge in [0.1, 0.15) is 5.76 Å².